The minimum atomic E-state index is 0.332. The van der Waals surface area contributed by atoms with E-state index >= 15 is 0 Å². The topological polar surface area (TPSA) is 20.2 Å². The van der Waals surface area contributed by atoms with E-state index in [-0.39, 0.29) is 0 Å². The highest BCUT2D eigenvalue weighted by molar-refractivity contribution is 5.57. The normalized spacial score (nSPS) is 11.8. The number of phenolic OH excluding ortho intramolecular Hbond substituents is 1. The van der Waals surface area contributed by atoms with E-state index < -0.39 is 0 Å². The summed E-state index contributed by atoms with van der Waals surface area (Å²) in [5, 5.41) is 10.3. The van der Waals surface area contributed by atoms with Gasteiger partial charge in [-0.3, -0.25) is 0 Å². The van der Waals surface area contributed by atoms with E-state index in [1.807, 2.05) is 27.7 Å². The van der Waals surface area contributed by atoms with Gasteiger partial charge < -0.3 is 5.11 Å². The molecule has 2 aromatic carbocycles. The predicted molar refractivity (Wildman–Crippen MR) is 107 cm³/mol. The second kappa shape index (κ2) is 7.88. The Labute approximate surface area is 148 Å². The molecule has 1 nitrogen and oxygen atoms in total. The van der Waals surface area contributed by atoms with Crippen LogP contribution in [0.3, 0.4) is 0 Å². The van der Waals surface area contributed by atoms with Crippen molar-refractivity contribution in [2.45, 2.75) is 75.2 Å². The number of aryl methyl sites for hydroxylation is 3. The van der Waals surface area contributed by atoms with E-state index in [0.717, 1.165) is 11.1 Å². The molecular formula is C23H34O. The van der Waals surface area contributed by atoms with Gasteiger partial charge in [0.25, 0.3) is 0 Å². The van der Waals surface area contributed by atoms with Crippen molar-refractivity contribution in [2.24, 2.45) is 0 Å². The molecule has 0 spiro atoms. The molecule has 0 aromatic heterocycles. The molecule has 0 heterocycles. The minimum Gasteiger partial charge on any atom is -0.507 e. The summed E-state index contributed by atoms with van der Waals surface area (Å²) in [6.07, 6.45) is 0. The Morgan fingerprint density at radius 1 is 0.667 bits per heavy atom. The van der Waals surface area contributed by atoms with Gasteiger partial charge in [-0.15, -0.1) is 0 Å². The van der Waals surface area contributed by atoms with Gasteiger partial charge in [-0.25, -0.2) is 0 Å². The Morgan fingerprint density at radius 3 is 1.42 bits per heavy atom. The summed E-state index contributed by atoms with van der Waals surface area (Å²) in [6, 6.07) is 4.53. The molecule has 0 saturated heterocycles. The SMILES string of the molecule is CC.Cc1cc(C)c(C(C)c2c(C)c(C)c(O)c(C)c2C)c(C)c1. The van der Waals surface area contributed by atoms with E-state index in [1.54, 1.807) is 0 Å². The fourth-order valence-corrected chi connectivity index (χ4v) is 3.99. The summed E-state index contributed by atoms with van der Waals surface area (Å²) in [5.74, 6) is 0.780. The predicted octanol–water partition coefficient (Wildman–Crippen LogP) is 6.73. The Morgan fingerprint density at radius 2 is 1.04 bits per heavy atom. The van der Waals surface area contributed by atoms with Crippen LogP contribution in [0.5, 0.6) is 5.75 Å². The average Bonchev–Trinajstić information content (AvgIpc) is 2.52. The van der Waals surface area contributed by atoms with Crippen molar-refractivity contribution in [3.05, 3.63) is 62.2 Å². The molecule has 1 N–H and O–H groups in total. The van der Waals surface area contributed by atoms with Crippen LogP contribution in [-0.4, -0.2) is 5.11 Å². The van der Waals surface area contributed by atoms with E-state index in [4.69, 9.17) is 0 Å². The molecular weight excluding hydrogens is 292 g/mol. The molecule has 0 aliphatic rings. The summed E-state index contributed by atoms with van der Waals surface area (Å²) in [5.41, 5.74) is 11.3. The number of aromatic hydroxyl groups is 1. The van der Waals surface area contributed by atoms with Gasteiger partial charge in [0, 0.05) is 5.92 Å². The quantitative estimate of drug-likeness (QED) is 0.648. The van der Waals surface area contributed by atoms with Crippen LogP contribution in [-0.2, 0) is 0 Å². The molecule has 0 aliphatic carbocycles. The first-order chi connectivity index (χ1) is 11.2. The second-order valence-corrected chi connectivity index (χ2v) is 6.80. The van der Waals surface area contributed by atoms with Crippen LogP contribution in [0.1, 0.15) is 76.8 Å². The molecule has 1 unspecified atom stereocenters. The second-order valence-electron chi connectivity index (χ2n) is 6.80. The third-order valence-electron chi connectivity index (χ3n) is 5.25. The molecule has 24 heavy (non-hydrogen) atoms. The van der Waals surface area contributed by atoms with Crippen LogP contribution in [0.15, 0.2) is 12.1 Å². The summed E-state index contributed by atoms with van der Waals surface area (Å²) >= 11 is 0. The van der Waals surface area contributed by atoms with E-state index in [9.17, 15) is 5.11 Å². The van der Waals surface area contributed by atoms with Gasteiger partial charge in [0.2, 0.25) is 0 Å². The van der Waals surface area contributed by atoms with Crippen molar-refractivity contribution in [2.75, 3.05) is 0 Å². The first kappa shape index (κ1) is 20.3. The molecule has 0 amide bonds. The van der Waals surface area contributed by atoms with Gasteiger partial charge in [-0.1, -0.05) is 38.5 Å². The fourth-order valence-electron chi connectivity index (χ4n) is 3.99. The van der Waals surface area contributed by atoms with Crippen LogP contribution in [0.4, 0.5) is 0 Å². The first-order valence-corrected chi connectivity index (χ1v) is 9.03. The molecule has 0 radical (unpaired) electrons. The number of phenols is 1. The van der Waals surface area contributed by atoms with Gasteiger partial charge in [0.15, 0.2) is 0 Å². The largest absolute Gasteiger partial charge is 0.507 e. The van der Waals surface area contributed by atoms with Crippen molar-refractivity contribution < 1.29 is 5.11 Å². The molecule has 132 valence electrons. The molecule has 0 fully saturated rings. The highest BCUT2D eigenvalue weighted by Crippen LogP contribution is 2.39. The maximum Gasteiger partial charge on any atom is 0.121 e. The van der Waals surface area contributed by atoms with Crippen molar-refractivity contribution in [3.8, 4) is 5.75 Å². The lowest BCUT2D eigenvalue weighted by atomic mass is 9.80. The molecule has 1 atom stereocenters. The first-order valence-electron chi connectivity index (χ1n) is 9.03. The zero-order valence-electron chi connectivity index (χ0n) is 17.2. The van der Waals surface area contributed by atoms with E-state index in [2.05, 4.69) is 53.7 Å². The van der Waals surface area contributed by atoms with Gasteiger partial charge >= 0.3 is 0 Å². The third kappa shape index (κ3) is 3.50. The van der Waals surface area contributed by atoms with Crippen molar-refractivity contribution in [3.63, 3.8) is 0 Å². The zero-order valence-corrected chi connectivity index (χ0v) is 17.2. The summed E-state index contributed by atoms with van der Waals surface area (Å²) in [6.45, 7) is 21.1. The fraction of sp³-hybridized carbons (Fsp3) is 0.478. The van der Waals surface area contributed by atoms with Crippen molar-refractivity contribution in [1.29, 1.82) is 0 Å². The summed E-state index contributed by atoms with van der Waals surface area (Å²) in [4.78, 5) is 0. The third-order valence-corrected chi connectivity index (χ3v) is 5.25. The van der Waals surface area contributed by atoms with Crippen LogP contribution >= 0.6 is 0 Å². The van der Waals surface area contributed by atoms with E-state index in [1.165, 1.54) is 38.9 Å². The molecule has 0 saturated carbocycles. The van der Waals surface area contributed by atoms with Crippen molar-refractivity contribution >= 4 is 0 Å². The van der Waals surface area contributed by atoms with Gasteiger partial charge in [-0.05, 0) is 93.0 Å². The number of benzene rings is 2. The molecule has 1 heteroatoms. The summed E-state index contributed by atoms with van der Waals surface area (Å²) < 4.78 is 0. The average molecular weight is 327 g/mol. The lowest BCUT2D eigenvalue weighted by molar-refractivity contribution is 0.465. The molecule has 2 aromatic rings. The smallest absolute Gasteiger partial charge is 0.121 e. The number of hydrogen-bond donors (Lipinski definition) is 1. The summed E-state index contributed by atoms with van der Waals surface area (Å²) in [7, 11) is 0. The van der Waals surface area contributed by atoms with Gasteiger partial charge in [-0.2, -0.15) is 0 Å². The van der Waals surface area contributed by atoms with Gasteiger partial charge in [0.1, 0.15) is 5.75 Å². The maximum absolute atomic E-state index is 10.3. The maximum atomic E-state index is 10.3. The van der Waals surface area contributed by atoms with Crippen LogP contribution in [0.2, 0.25) is 0 Å². The Balaban J connectivity index is 0.00000139. The lowest BCUT2D eigenvalue weighted by Gasteiger charge is -2.25. The Hall–Kier alpha value is -1.76. The molecule has 0 aliphatic heterocycles. The van der Waals surface area contributed by atoms with E-state index in [0.29, 0.717) is 11.7 Å². The van der Waals surface area contributed by atoms with Gasteiger partial charge in [0.05, 0.1) is 0 Å². The Kier molecular flexibility index (Phi) is 6.66. The molecule has 2 rings (SSSR count). The molecule has 0 bridgehead atoms. The zero-order chi connectivity index (χ0) is 18.8. The van der Waals surface area contributed by atoms with Crippen molar-refractivity contribution in [1.82, 2.24) is 0 Å². The highest BCUT2D eigenvalue weighted by Gasteiger charge is 2.22. The van der Waals surface area contributed by atoms with Crippen LogP contribution in [0.25, 0.3) is 0 Å². The minimum absolute atomic E-state index is 0.332. The number of hydrogen-bond acceptors (Lipinski definition) is 1. The van der Waals surface area contributed by atoms with Crippen LogP contribution in [0, 0.1) is 48.5 Å². The van der Waals surface area contributed by atoms with Crippen LogP contribution < -0.4 is 0 Å². The number of rotatable bonds is 2. The standard InChI is InChI=1S/C21H28O.C2H6/c1-11-9-12(2)19(13(3)10-11)18(8)20-14(4)16(6)21(22)17(7)15(20)5;1-2/h9-10,18,22H,1-8H3;1-2H3. The lowest BCUT2D eigenvalue weighted by Crippen LogP contribution is -2.08. The highest BCUT2D eigenvalue weighted by atomic mass is 16.3. The Bertz CT molecular complexity index is 686. The monoisotopic (exact) mass is 326 g/mol.